The third-order valence-corrected chi connectivity index (χ3v) is 7.01. The van der Waals surface area contributed by atoms with E-state index in [9.17, 15) is 22.9 Å². The van der Waals surface area contributed by atoms with Crippen LogP contribution in [0.15, 0.2) is 75.8 Å². The standard InChI is InChI=1S/C26H21Cl2N3O6S.Na/c1-3-37-22-9-8-16(27)12-20(22)29-26(33)18-11-15-6-4-5-7-17(15)24(25(18)32)31-30-21-10-14(2)19(28)13-23(21)38(34,35)36;/h4-13,32H,3H2,1-2H3,(H,29,33)(H,34,35,36);/q;+1/p-1. The van der Waals surface area contributed by atoms with Gasteiger partial charge in [-0.1, -0.05) is 53.2 Å². The van der Waals surface area contributed by atoms with Gasteiger partial charge in [0.2, 0.25) is 0 Å². The van der Waals surface area contributed by atoms with Crippen molar-refractivity contribution in [3.8, 4) is 11.5 Å². The van der Waals surface area contributed by atoms with Crippen molar-refractivity contribution in [1.82, 2.24) is 0 Å². The molecule has 196 valence electrons. The minimum atomic E-state index is -4.70. The quantitative estimate of drug-likeness (QED) is 0.189. The van der Waals surface area contributed by atoms with Crippen LogP contribution in [-0.2, 0) is 10.1 Å². The Kier molecular flexibility index (Phi) is 10.0. The Balaban J connectivity index is 0.00000420. The normalized spacial score (nSPS) is 11.4. The summed E-state index contributed by atoms with van der Waals surface area (Å²) >= 11 is 12.1. The van der Waals surface area contributed by atoms with Gasteiger partial charge in [0.25, 0.3) is 16.0 Å². The van der Waals surface area contributed by atoms with E-state index in [0.29, 0.717) is 33.7 Å². The zero-order valence-corrected chi connectivity index (χ0v) is 25.4. The molecule has 0 saturated heterocycles. The van der Waals surface area contributed by atoms with Crippen LogP contribution < -0.4 is 44.7 Å². The molecule has 2 N–H and O–H groups in total. The summed E-state index contributed by atoms with van der Waals surface area (Å²) in [5.74, 6) is -1.11. The van der Waals surface area contributed by atoms with E-state index in [-0.39, 0.29) is 57.2 Å². The van der Waals surface area contributed by atoms with E-state index in [0.717, 1.165) is 6.07 Å². The maximum atomic E-state index is 13.5. The first-order valence-electron chi connectivity index (χ1n) is 11.2. The number of anilines is 1. The molecule has 0 atom stereocenters. The predicted molar refractivity (Wildman–Crippen MR) is 144 cm³/mol. The first-order valence-corrected chi connectivity index (χ1v) is 13.3. The topological polar surface area (TPSA) is 140 Å². The molecule has 4 aromatic rings. The third kappa shape index (κ3) is 6.90. The number of hydrogen-bond donors (Lipinski definition) is 2. The molecule has 0 heterocycles. The van der Waals surface area contributed by atoms with E-state index >= 15 is 0 Å². The molecule has 0 aliphatic heterocycles. The van der Waals surface area contributed by atoms with E-state index in [2.05, 4.69) is 15.5 Å². The van der Waals surface area contributed by atoms with Crippen molar-refractivity contribution in [2.45, 2.75) is 18.7 Å². The number of halogens is 2. The third-order valence-electron chi connectivity index (χ3n) is 5.49. The average Bonchev–Trinajstić information content (AvgIpc) is 2.86. The van der Waals surface area contributed by atoms with Gasteiger partial charge in [0.15, 0.2) is 0 Å². The number of rotatable bonds is 7. The average molecular weight is 596 g/mol. The van der Waals surface area contributed by atoms with Crippen LogP contribution in [-0.4, -0.2) is 25.5 Å². The summed E-state index contributed by atoms with van der Waals surface area (Å²) in [5.41, 5.74) is 0.0862. The molecule has 4 aromatic carbocycles. The predicted octanol–water partition coefficient (Wildman–Crippen LogP) is 3.85. The summed E-state index contributed by atoms with van der Waals surface area (Å²) in [6.07, 6.45) is 0. The largest absolute Gasteiger partial charge is 1.00 e. The van der Waals surface area contributed by atoms with Gasteiger partial charge < -0.3 is 15.2 Å². The summed E-state index contributed by atoms with van der Waals surface area (Å²) < 4.78 is 38.9. The van der Waals surface area contributed by atoms with Crippen LogP contribution in [0.4, 0.5) is 17.1 Å². The second kappa shape index (κ2) is 12.6. The second-order valence-electron chi connectivity index (χ2n) is 8.09. The molecule has 0 saturated carbocycles. The van der Waals surface area contributed by atoms with Gasteiger partial charge in [0.1, 0.15) is 16.3 Å². The molecule has 9 nitrogen and oxygen atoms in total. The Labute approximate surface area is 256 Å². The van der Waals surface area contributed by atoms with Gasteiger partial charge >= 0.3 is 29.6 Å². The van der Waals surface area contributed by atoms with Crippen LogP contribution in [0.3, 0.4) is 0 Å². The van der Waals surface area contributed by atoms with Crippen molar-refractivity contribution in [3.05, 3.63) is 81.8 Å². The van der Waals surface area contributed by atoms with Gasteiger partial charge in [-0.2, -0.15) is 13.5 Å². The molecule has 0 fully saturated rings. The number of nitrogens with one attached hydrogen (secondary N) is 1. The molecule has 0 aromatic heterocycles. The minimum Gasteiger partial charge on any atom is -0.870 e. The van der Waals surface area contributed by atoms with E-state index in [1.54, 1.807) is 50.2 Å². The Morgan fingerprint density at radius 1 is 1.08 bits per heavy atom. The number of ether oxygens (including phenoxy) is 1. The summed E-state index contributed by atoms with van der Waals surface area (Å²) in [5, 5.41) is 25.4. The number of azo groups is 1. The zero-order valence-electron chi connectivity index (χ0n) is 21.0. The van der Waals surface area contributed by atoms with E-state index < -0.39 is 26.7 Å². The van der Waals surface area contributed by atoms with E-state index in [4.69, 9.17) is 27.9 Å². The molecule has 13 heteroatoms. The monoisotopic (exact) mass is 595 g/mol. The van der Waals surface area contributed by atoms with Crippen LogP contribution in [0.2, 0.25) is 10.0 Å². The maximum absolute atomic E-state index is 13.5. The summed E-state index contributed by atoms with van der Waals surface area (Å²) in [7, 11) is -4.70. The van der Waals surface area contributed by atoms with Gasteiger partial charge in [-0.25, -0.2) is 0 Å². The number of amides is 1. The van der Waals surface area contributed by atoms with Crippen LogP contribution in [0, 0.1) is 6.92 Å². The Hall–Kier alpha value is -2.70. The van der Waals surface area contributed by atoms with Crippen LogP contribution in [0.5, 0.6) is 11.5 Å². The second-order valence-corrected chi connectivity index (χ2v) is 10.3. The number of fused-ring (bicyclic) bond motifs is 1. The molecule has 0 radical (unpaired) electrons. The molecule has 0 unspecified atom stereocenters. The summed E-state index contributed by atoms with van der Waals surface area (Å²) in [6, 6.07) is 15.2. The number of benzene rings is 4. The molecule has 1 amide bonds. The fourth-order valence-electron chi connectivity index (χ4n) is 3.68. The van der Waals surface area contributed by atoms with Crippen molar-refractivity contribution in [1.29, 1.82) is 0 Å². The molecular formula is C26H20Cl2N3NaO6S. The molecule has 4 rings (SSSR count). The van der Waals surface area contributed by atoms with Gasteiger partial charge in [-0.05, 0) is 61.2 Å². The van der Waals surface area contributed by atoms with E-state index in [1.807, 2.05) is 0 Å². The molecule has 0 aliphatic carbocycles. The maximum Gasteiger partial charge on any atom is 1.00 e. The summed E-state index contributed by atoms with van der Waals surface area (Å²) in [4.78, 5) is 12.7. The van der Waals surface area contributed by atoms with Crippen LogP contribution in [0.1, 0.15) is 22.8 Å². The van der Waals surface area contributed by atoms with Crippen molar-refractivity contribution in [3.63, 3.8) is 0 Å². The first-order chi connectivity index (χ1) is 18.0. The minimum absolute atomic E-state index is 0. The van der Waals surface area contributed by atoms with Crippen molar-refractivity contribution in [2.24, 2.45) is 10.2 Å². The number of nitrogens with zero attached hydrogens (tertiary/aromatic N) is 2. The Morgan fingerprint density at radius 2 is 1.79 bits per heavy atom. The smallest absolute Gasteiger partial charge is 0.870 e. The van der Waals surface area contributed by atoms with Crippen LogP contribution >= 0.6 is 23.2 Å². The van der Waals surface area contributed by atoms with Gasteiger partial charge in [-0.3, -0.25) is 9.35 Å². The zero-order chi connectivity index (χ0) is 27.6. The molecule has 39 heavy (non-hydrogen) atoms. The fraction of sp³-hybridized carbons (Fsp3) is 0.115. The molecule has 0 spiro atoms. The number of hydrogen-bond acceptors (Lipinski definition) is 7. The Bertz CT molecular complexity index is 1710. The Morgan fingerprint density at radius 3 is 2.49 bits per heavy atom. The first kappa shape index (κ1) is 30.8. The number of carbonyl (C=O) groups excluding carboxylic acids is 1. The molecule has 0 aliphatic rings. The van der Waals surface area contributed by atoms with Gasteiger partial charge in [-0.15, -0.1) is 5.11 Å². The fourth-order valence-corrected chi connectivity index (χ4v) is 4.72. The SMILES string of the molecule is CCOc1ccc(Cl)cc1NC(=O)c1cc2ccccc2c(N=Nc2cc(C)c(Cl)cc2S(=O)(=O)O)c1[O-].[Na+]. The molecule has 0 bridgehead atoms. The van der Waals surface area contributed by atoms with Gasteiger partial charge in [0, 0.05) is 21.0 Å². The van der Waals surface area contributed by atoms with Gasteiger partial charge in [0.05, 0.1) is 18.0 Å². The number of carbonyl (C=O) groups is 1. The summed E-state index contributed by atoms with van der Waals surface area (Å²) in [6.45, 7) is 3.74. The van der Waals surface area contributed by atoms with Crippen molar-refractivity contribution >= 4 is 67.1 Å². The van der Waals surface area contributed by atoms with Crippen molar-refractivity contribution in [2.75, 3.05) is 11.9 Å². The van der Waals surface area contributed by atoms with Crippen molar-refractivity contribution < 1.29 is 57.2 Å². The number of aryl methyl sites for hydroxylation is 1. The van der Waals surface area contributed by atoms with Crippen LogP contribution in [0.25, 0.3) is 10.8 Å². The molecular weight excluding hydrogens is 576 g/mol. The van der Waals surface area contributed by atoms with E-state index in [1.165, 1.54) is 18.2 Å².